The Hall–Kier alpha value is -2.17. The second-order valence-electron chi connectivity index (χ2n) is 4.42. The van der Waals surface area contributed by atoms with Crippen molar-refractivity contribution in [3.63, 3.8) is 0 Å². The van der Waals surface area contributed by atoms with Gasteiger partial charge >= 0.3 is 5.97 Å². The van der Waals surface area contributed by atoms with Gasteiger partial charge < -0.3 is 18.9 Å². The van der Waals surface area contributed by atoms with Crippen molar-refractivity contribution in [1.82, 2.24) is 0 Å². The van der Waals surface area contributed by atoms with E-state index in [0.29, 0.717) is 12.4 Å². The number of methoxy groups -OCH3 is 1. The summed E-state index contributed by atoms with van der Waals surface area (Å²) in [5.74, 6) is 1.71. The molecule has 5 nitrogen and oxygen atoms in total. The topological polar surface area (TPSA) is 54.0 Å². The molecule has 1 aliphatic heterocycles. The van der Waals surface area contributed by atoms with Crippen molar-refractivity contribution in [2.24, 2.45) is 0 Å². The fraction of sp³-hybridized carbons (Fsp3) is 0.400. The Labute approximate surface area is 118 Å². The predicted molar refractivity (Wildman–Crippen MR) is 72.6 cm³/mol. The van der Waals surface area contributed by atoms with Gasteiger partial charge in [0.25, 0.3) is 0 Å². The Kier molecular flexibility index (Phi) is 4.87. The van der Waals surface area contributed by atoms with Gasteiger partial charge in [0.15, 0.2) is 11.5 Å². The molecule has 1 aromatic rings. The molecule has 0 fully saturated rings. The number of allylic oxidation sites excluding steroid dienone is 1. The highest BCUT2D eigenvalue weighted by atomic mass is 16.7. The van der Waals surface area contributed by atoms with Crippen LogP contribution in [-0.4, -0.2) is 26.5 Å². The molecule has 0 unspecified atom stereocenters. The summed E-state index contributed by atoms with van der Waals surface area (Å²) in [7, 11) is 1.51. The molecule has 2 rings (SSSR count). The summed E-state index contributed by atoms with van der Waals surface area (Å²) < 4.78 is 20.5. The molecular formula is C15H18O5. The number of benzene rings is 1. The third kappa shape index (κ3) is 3.91. The Balaban J connectivity index is 1.72. The quantitative estimate of drug-likeness (QED) is 0.346. The third-order valence-corrected chi connectivity index (χ3v) is 2.93. The summed E-state index contributed by atoms with van der Waals surface area (Å²) in [6.07, 6.45) is 2.91. The smallest absolute Gasteiger partial charge is 0.334 e. The average molecular weight is 278 g/mol. The lowest BCUT2D eigenvalue weighted by Crippen LogP contribution is -2.04. The molecule has 108 valence electrons. The lowest BCUT2D eigenvalue weighted by atomic mass is 10.1. The largest absolute Gasteiger partial charge is 0.501 e. The molecule has 0 N–H and O–H groups in total. The second kappa shape index (κ2) is 6.84. The van der Waals surface area contributed by atoms with Gasteiger partial charge in [0.1, 0.15) is 0 Å². The summed E-state index contributed by atoms with van der Waals surface area (Å²) in [5.41, 5.74) is 1.13. The number of carbonyl (C=O) groups is 1. The van der Waals surface area contributed by atoms with Crippen LogP contribution in [0.2, 0.25) is 0 Å². The standard InChI is InChI=1S/C15H18O5/c1-11(17-2)8-15(16)18-7-3-4-12-5-6-13-14(9-12)20-10-19-13/h5-6,8-9H,3-4,7,10H2,1-2H3/b11-8+. The first-order valence-electron chi connectivity index (χ1n) is 6.46. The van der Waals surface area contributed by atoms with Crippen molar-refractivity contribution in [2.45, 2.75) is 19.8 Å². The lowest BCUT2D eigenvalue weighted by Gasteiger charge is -2.04. The molecule has 0 aliphatic carbocycles. The van der Waals surface area contributed by atoms with Gasteiger partial charge in [-0.3, -0.25) is 0 Å². The van der Waals surface area contributed by atoms with Crippen molar-refractivity contribution in [2.75, 3.05) is 20.5 Å². The monoisotopic (exact) mass is 278 g/mol. The van der Waals surface area contributed by atoms with Gasteiger partial charge in [-0.25, -0.2) is 4.79 Å². The molecule has 1 aliphatic rings. The van der Waals surface area contributed by atoms with Crippen LogP contribution in [0, 0.1) is 0 Å². The van der Waals surface area contributed by atoms with Gasteiger partial charge in [0, 0.05) is 0 Å². The van der Waals surface area contributed by atoms with Crippen molar-refractivity contribution in [3.05, 3.63) is 35.6 Å². The minimum Gasteiger partial charge on any atom is -0.501 e. The molecule has 0 aromatic heterocycles. The van der Waals surface area contributed by atoms with Gasteiger partial charge in [0.2, 0.25) is 6.79 Å². The van der Waals surface area contributed by atoms with Crippen LogP contribution in [0.1, 0.15) is 18.9 Å². The summed E-state index contributed by atoms with van der Waals surface area (Å²) in [6.45, 7) is 2.36. The van der Waals surface area contributed by atoms with Crippen molar-refractivity contribution >= 4 is 5.97 Å². The summed E-state index contributed by atoms with van der Waals surface area (Å²) in [6, 6.07) is 5.85. The van der Waals surface area contributed by atoms with Crippen molar-refractivity contribution < 1.29 is 23.7 Å². The number of esters is 1. The number of fused-ring (bicyclic) bond motifs is 1. The molecule has 0 saturated heterocycles. The van der Waals surface area contributed by atoms with E-state index in [0.717, 1.165) is 29.9 Å². The first kappa shape index (κ1) is 14.2. The highest BCUT2D eigenvalue weighted by Crippen LogP contribution is 2.32. The van der Waals surface area contributed by atoms with E-state index in [1.165, 1.54) is 13.2 Å². The Bertz CT molecular complexity index is 507. The van der Waals surface area contributed by atoms with Gasteiger partial charge in [-0.1, -0.05) is 6.07 Å². The SMILES string of the molecule is CO/C(C)=C/C(=O)OCCCc1ccc2c(c1)OCO2. The van der Waals surface area contributed by atoms with Gasteiger partial charge in [-0.05, 0) is 37.5 Å². The van der Waals surface area contributed by atoms with E-state index in [-0.39, 0.29) is 12.8 Å². The maximum atomic E-state index is 11.4. The first-order chi connectivity index (χ1) is 9.69. The Morgan fingerprint density at radius 3 is 2.95 bits per heavy atom. The number of ether oxygens (including phenoxy) is 4. The van der Waals surface area contributed by atoms with Gasteiger partial charge in [-0.2, -0.15) is 0 Å². The summed E-state index contributed by atoms with van der Waals surface area (Å²) >= 11 is 0. The van der Waals surface area contributed by atoms with Gasteiger partial charge in [0.05, 0.1) is 25.6 Å². The van der Waals surface area contributed by atoms with Crippen LogP contribution >= 0.6 is 0 Å². The van der Waals surface area contributed by atoms with E-state index in [2.05, 4.69) is 0 Å². The van der Waals surface area contributed by atoms with E-state index in [4.69, 9.17) is 18.9 Å². The maximum absolute atomic E-state index is 11.4. The number of carbonyl (C=O) groups excluding carboxylic acids is 1. The Morgan fingerprint density at radius 1 is 1.35 bits per heavy atom. The molecule has 0 spiro atoms. The van der Waals surface area contributed by atoms with E-state index in [1.807, 2.05) is 18.2 Å². The van der Waals surface area contributed by atoms with E-state index in [1.54, 1.807) is 6.92 Å². The lowest BCUT2D eigenvalue weighted by molar-refractivity contribution is -0.138. The normalized spacial score (nSPS) is 13.2. The van der Waals surface area contributed by atoms with Crippen LogP contribution in [0.5, 0.6) is 11.5 Å². The molecule has 0 radical (unpaired) electrons. The fourth-order valence-electron chi connectivity index (χ4n) is 1.81. The van der Waals surface area contributed by atoms with Crippen molar-refractivity contribution in [1.29, 1.82) is 0 Å². The third-order valence-electron chi connectivity index (χ3n) is 2.93. The summed E-state index contributed by atoms with van der Waals surface area (Å²) in [5, 5.41) is 0. The number of hydrogen-bond acceptors (Lipinski definition) is 5. The van der Waals surface area contributed by atoms with E-state index >= 15 is 0 Å². The molecule has 0 saturated carbocycles. The maximum Gasteiger partial charge on any atom is 0.334 e. The summed E-state index contributed by atoms with van der Waals surface area (Å²) in [4.78, 5) is 11.4. The van der Waals surface area contributed by atoms with Gasteiger partial charge in [-0.15, -0.1) is 0 Å². The predicted octanol–water partition coefficient (Wildman–Crippen LogP) is 2.44. The first-order valence-corrected chi connectivity index (χ1v) is 6.46. The molecule has 20 heavy (non-hydrogen) atoms. The zero-order valence-corrected chi connectivity index (χ0v) is 11.7. The minimum absolute atomic E-state index is 0.279. The molecule has 1 heterocycles. The van der Waals surface area contributed by atoms with Crippen LogP contribution in [0.25, 0.3) is 0 Å². The van der Waals surface area contributed by atoms with Crippen LogP contribution < -0.4 is 9.47 Å². The highest BCUT2D eigenvalue weighted by Gasteiger charge is 2.12. The number of hydrogen-bond donors (Lipinski definition) is 0. The number of aryl methyl sites for hydroxylation is 1. The van der Waals surface area contributed by atoms with Crippen molar-refractivity contribution in [3.8, 4) is 11.5 Å². The van der Waals surface area contributed by atoms with Crippen LogP contribution in [0.15, 0.2) is 30.0 Å². The second-order valence-corrected chi connectivity index (χ2v) is 4.42. The molecule has 0 bridgehead atoms. The molecule has 0 atom stereocenters. The number of rotatable bonds is 6. The average Bonchev–Trinajstić information content (AvgIpc) is 2.91. The zero-order valence-electron chi connectivity index (χ0n) is 11.7. The van der Waals surface area contributed by atoms with Crippen LogP contribution in [0.3, 0.4) is 0 Å². The molecular weight excluding hydrogens is 260 g/mol. The molecule has 5 heteroatoms. The zero-order chi connectivity index (χ0) is 14.4. The Morgan fingerprint density at radius 2 is 2.15 bits per heavy atom. The fourth-order valence-corrected chi connectivity index (χ4v) is 1.81. The van der Waals surface area contributed by atoms with Crippen LogP contribution in [-0.2, 0) is 20.7 Å². The minimum atomic E-state index is -0.380. The van der Waals surface area contributed by atoms with Crippen LogP contribution in [0.4, 0.5) is 0 Å². The molecule has 0 amide bonds. The molecule has 1 aromatic carbocycles. The highest BCUT2D eigenvalue weighted by molar-refractivity contribution is 5.82. The van der Waals surface area contributed by atoms with E-state index < -0.39 is 0 Å². The van der Waals surface area contributed by atoms with E-state index in [9.17, 15) is 4.79 Å².